The second kappa shape index (κ2) is 12.2. The van der Waals surface area contributed by atoms with Gasteiger partial charge in [-0.25, -0.2) is 0 Å². The number of rotatable bonds is 10. The molecule has 2 rings (SSSR count). The molecule has 1 aliphatic heterocycles. The van der Waals surface area contributed by atoms with E-state index in [1.54, 1.807) is 24.5 Å². The molecule has 7 heteroatoms. The van der Waals surface area contributed by atoms with Crippen LogP contribution in [0.1, 0.15) is 69.2 Å². The van der Waals surface area contributed by atoms with E-state index < -0.39 is 0 Å². The van der Waals surface area contributed by atoms with Crippen molar-refractivity contribution in [3.8, 4) is 0 Å². The van der Waals surface area contributed by atoms with E-state index in [-0.39, 0.29) is 23.8 Å². The maximum absolute atomic E-state index is 12.5. The topological polar surface area (TPSA) is 82.6 Å². The van der Waals surface area contributed by atoms with E-state index in [0.29, 0.717) is 37.9 Å². The van der Waals surface area contributed by atoms with E-state index in [0.717, 1.165) is 38.8 Å². The Kier molecular flexibility index (Phi) is 9.60. The Morgan fingerprint density at radius 3 is 2.41 bits per heavy atom. The molecule has 1 aliphatic rings. The summed E-state index contributed by atoms with van der Waals surface area (Å²) in [5, 5.41) is 3.02. The third-order valence-corrected chi connectivity index (χ3v) is 5.23. The molecule has 3 amide bonds. The summed E-state index contributed by atoms with van der Waals surface area (Å²) >= 11 is 0. The van der Waals surface area contributed by atoms with Gasteiger partial charge in [-0.05, 0) is 44.2 Å². The number of nitrogens with one attached hydrogen (secondary N) is 1. The standard InChI is InChI=1S/C22H34N4O3/c1-3-13-25(14-4-2)20(27)8-5-9-21(28)26-15-10-19(11-16-26)24-22(29)18-7-6-12-23-17-18/h6-7,12,17,19H,3-5,8-11,13-16H2,1-2H3,(H,24,29). The molecule has 1 N–H and O–H groups in total. The Morgan fingerprint density at radius 1 is 1.14 bits per heavy atom. The number of piperidine rings is 1. The molecule has 0 unspecified atom stereocenters. The number of carbonyl (C=O) groups is 3. The molecule has 2 heterocycles. The molecular formula is C22H34N4O3. The molecule has 1 fully saturated rings. The molecular weight excluding hydrogens is 368 g/mol. The lowest BCUT2D eigenvalue weighted by Gasteiger charge is -2.32. The average Bonchev–Trinajstić information content (AvgIpc) is 2.74. The van der Waals surface area contributed by atoms with Crippen molar-refractivity contribution in [2.45, 2.75) is 64.8 Å². The van der Waals surface area contributed by atoms with Crippen molar-refractivity contribution in [1.29, 1.82) is 0 Å². The Hall–Kier alpha value is -2.44. The summed E-state index contributed by atoms with van der Waals surface area (Å²) in [4.78, 5) is 44.7. The second-order valence-corrected chi connectivity index (χ2v) is 7.60. The van der Waals surface area contributed by atoms with Gasteiger partial charge in [-0.15, -0.1) is 0 Å². The van der Waals surface area contributed by atoms with Crippen LogP contribution in [0, 0.1) is 0 Å². The summed E-state index contributed by atoms with van der Waals surface area (Å²) in [7, 11) is 0. The Bertz CT molecular complexity index is 651. The SMILES string of the molecule is CCCN(CCC)C(=O)CCCC(=O)N1CCC(NC(=O)c2cccnc2)CC1. The van der Waals surface area contributed by atoms with Gasteiger partial charge in [-0.2, -0.15) is 0 Å². The summed E-state index contributed by atoms with van der Waals surface area (Å²) in [6, 6.07) is 3.56. The largest absolute Gasteiger partial charge is 0.349 e. The highest BCUT2D eigenvalue weighted by Gasteiger charge is 2.24. The van der Waals surface area contributed by atoms with Gasteiger partial charge < -0.3 is 15.1 Å². The Morgan fingerprint density at radius 2 is 1.83 bits per heavy atom. The van der Waals surface area contributed by atoms with Gasteiger partial charge in [0.25, 0.3) is 5.91 Å². The van der Waals surface area contributed by atoms with E-state index in [4.69, 9.17) is 0 Å². The van der Waals surface area contributed by atoms with Gasteiger partial charge in [0.2, 0.25) is 11.8 Å². The van der Waals surface area contributed by atoms with Crippen LogP contribution in [0.3, 0.4) is 0 Å². The van der Waals surface area contributed by atoms with E-state index in [9.17, 15) is 14.4 Å². The lowest BCUT2D eigenvalue weighted by molar-refractivity contribution is -0.133. The Balaban J connectivity index is 1.68. The summed E-state index contributed by atoms with van der Waals surface area (Å²) in [6.07, 6.45) is 8.03. The van der Waals surface area contributed by atoms with Gasteiger partial charge in [-0.1, -0.05) is 13.8 Å². The molecule has 29 heavy (non-hydrogen) atoms. The molecule has 160 valence electrons. The van der Waals surface area contributed by atoms with Gasteiger partial charge in [0.1, 0.15) is 0 Å². The van der Waals surface area contributed by atoms with E-state index in [2.05, 4.69) is 24.1 Å². The van der Waals surface area contributed by atoms with Crippen molar-refractivity contribution in [3.05, 3.63) is 30.1 Å². The van der Waals surface area contributed by atoms with E-state index in [1.165, 1.54) is 0 Å². The minimum atomic E-state index is -0.120. The van der Waals surface area contributed by atoms with Gasteiger partial charge in [-0.3, -0.25) is 19.4 Å². The molecule has 0 bridgehead atoms. The first-order valence-corrected chi connectivity index (χ1v) is 10.8. The summed E-state index contributed by atoms with van der Waals surface area (Å²) in [6.45, 7) is 7.01. The molecule has 0 spiro atoms. The number of carbonyl (C=O) groups excluding carboxylic acids is 3. The lowest BCUT2D eigenvalue weighted by atomic mass is 10.0. The average molecular weight is 403 g/mol. The van der Waals surface area contributed by atoms with Crippen molar-refractivity contribution in [2.75, 3.05) is 26.2 Å². The van der Waals surface area contributed by atoms with Crippen LogP contribution in [-0.4, -0.2) is 64.7 Å². The third-order valence-electron chi connectivity index (χ3n) is 5.23. The van der Waals surface area contributed by atoms with Gasteiger partial charge in [0, 0.05) is 57.5 Å². The minimum Gasteiger partial charge on any atom is -0.349 e. The number of pyridine rings is 1. The maximum atomic E-state index is 12.5. The van der Waals surface area contributed by atoms with E-state index >= 15 is 0 Å². The molecule has 0 radical (unpaired) electrons. The second-order valence-electron chi connectivity index (χ2n) is 7.60. The molecule has 0 aliphatic carbocycles. The minimum absolute atomic E-state index is 0.0741. The zero-order chi connectivity index (χ0) is 21.1. The molecule has 1 saturated heterocycles. The zero-order valence-corrected chi connectivity index (χ0v) is 17.7. The fourth-order valence-electron chi connectivity index (χ4n) is 3.65. The number of nitrogens with zero attached hydrogens (tertiary/aromatic N) is 3. The summed E-state index contributed by atoms with van der Waals surface area (Å²) in [5.41, 5.74) is 0.552. The zero-order valence-electron chi connectivity index (χ0n) is 17.7. The maximum Gasteiger partial charge on any atom is 0.253 e. The summed E-state index contributed by atoms with van der Waals surface area (Å²) < 4.78 is 0. The highest BCUT2D eigenvalue weighted by atomic mass is 16.2. The Labute approximate surface area is 173 Å². The number of hydrogen-bond acceptors (Lipinski definition) is 4. The quantitative estimate of drug-likeness (QED) is 0.652. The molecule has 1 aromatic heterocycles. The summed E-state index contributed by atoms with van der Waals surface area (Å²) in [5.74, 6) is 0.135. The normalized spacial score (nSPS) is 14.5. The van der Waals surface area contributed by atoms with Crippen LogP contribution in [0.15, 0.2) is 24.5 Å². The number of hydrogen-bond donors (Lipinski definition) is 1. The highest BCUT2D eigenvalue weighted by molar-refractivity contribution is 5.94. The van der Waals surface area contributed by atoms with Crippen molar-refractivity contribution in [2.24, 2.45) is 0 Å². The van der Waals surface area contributed by atoms with Crippen LogP contribution in [0.4, 0.5) is 0 Å². The molecule has 1 aromatic rings. The third kappa shape index (κ3) is 7.48. The van der Waals surface area contributed by atoms with Crippen LogP contribution in [-0.2, 0) is 9.59 Å². The van der Waals surface area contributed by atoms with E-state index in [1.807, 2.05) is 9.80 Å². The first kappa shape index (κ1) is 22.8. The predicted octanol–water partition coefficient (Wildman–Crippen LogP) is 2.62. The predicted molar refractivity (Wildman–Crippen MR) is 112 cm³/mol. The molecule has 0 aromatic carbocycles. The number of amides is 3. The number of likely N-dealkylation sites (tertiary alicyclic amines) is 1. The van der Waals surface area contributed by atoms with Crippen LogP contribution >= 0.6 is 0 Å². The smallest absolute Gasteiger partial charge is 0.253 e. The molecule has 7 nitrogen and oxygen atoms in total. The van der Waals surface area contributed by atoms with Gasteiger partial charge >= 0.3 is 0 Å². The first-order valence-electron chi connectivity index (χ1n) is 10.8. The van der Waals surface area contributed by atoms with Crippen LogP contribution in [0.5, 0.6) is 0 Å². The van der Waals surface area contributed by atoms with Gasteiger partial charge in [0.05, 0.1) is 5.56 Å². The van der Waals surface area contributed by atoms with Crippen LogP contribution in [0.25, 0.3) is 0 Å². The van der Waals surface area contributed by atoms with Crippen LogP contribution < -0.4 is 5.32 Å². The van der Waals surface area contributed by atoms with Crippen molar-refractivity contribution in [1.82, 2.24) is 20.1 Å². The fourth-order valence-corrected chi connectivity index (χ4v) is 3.65. The number of aromatic nitrogens is 1. The first-order chi connectivity index (χ1) is 14.0. The fraction of sp³-hybridized carbons (Fsp3) is 0.636. The highest BCUT2D eigenvalue weighted by Crippen LogP contribution is 2.14. The van der Waals surface area contributed by atoms with Crippen molar-refractivity contribution in [3.63, 3.8) is 0 Å². The van der Waals surface area contributed by atoms with Crippen molar-refractivity contribution < 1.29 is 14.4 Å². The molecule has 0 atom stereocenters. The monoisotopic (exact) mass is 402 g/mol. The van der Waals surface area contributed by atoms with Crippen molar-refractivity contribution >= 4 is 17.7 Å². The lowest BCUT2D eigenvalue weighted by Crippen LogP contribution is -2.46. The van der Waals surface area contributed by atoms with Gasteiger partial charge in [0.15, 0.2) is 0 Å². The molecule has 0 saturated carbocycles. The van der Waals surface area contributed by atoms with Crippen LogP contribution in [0.2, 0.25) is 0 Å².